The molecule has 8 heteroatoms. The lowest BCUT2D eigenvalue weighted by Gasteiger charge is -2.21. The largest absolute Gasteiger partial charge is 0.476 e. The average Bonchev–Trinajstić information content (AvgIpc) is 2.95. The number of carboxylic acids is 1. The number of esters is 1. The van der Waals surface area contributed by atoms with Crippen LogP contribution in [0.25, 0.3) is 0 Å². The third-order valence-electron chi connectivity index (χ3n) is 2.73. The van der Waals surface area contributed by atoms with Gasteiger partial charge in [-0.1, -0.05) is 0 Å². The van der Waals surface area contributed by atoms with Crippen molar-refractivity contribution in [1.29, 1.82) is 0 Å². The summed E-state index contributed by atoms with van der Waals surface area (Å²) in [5.74, 6) is -1.38. The van der Waals surface area contributed by atoms with E-state index in [9.17, 15) is 9.59 Å². The number of hydrogen-bond donors (Lipinski definition) is 2. The molecule has 0 amide bonds. The van der Waals surface area contributed by atoms with Crippen LogP contribution in [0.1, 0.15) is 23.3 Å². The van der Waals surface area contributed by atoms with Crippen LogP contribution >= 0.6 is 0 Å². The molecule has 0 spiro atoms. The molecule has 1 saturated heterocycles. The van der Waals surface area contributed by atoms with Crippen LogP contribution in [-0.2, 0) is 9.53 Å². The number of hydrogen-bond acceptors (Lipinski definition) is 6. The number of aromatic carboxylic acids is 1. The maximum absolute atomic E-state index is 11.5. The molecule has 1 aromatic heterocycles. The minimum Gasteiger partial charge on any atom is -0.476 e. The molecule has 2 N–H and O–H groups in total. The summed E-state index contributed by atoms with van der Waals surface area (Å²) in [7, 11) is 1.31. The molecule has 1 fully saturated rings. The highest BCUT2D eigenvalue weighted by atomic mass is 16.5. The summed E-state index contributed by atoms with van der Waals surface area (Å²) in [6.45, 7) is 0.562. The molecule has 1 atom stereocenters. The van der Waals surface area contributed by atoms with Gasteiger partial charge in [0.1, 0.15) is 6.04 Å². The van der Waals surface area contributed by atoms with Crippen molar-refractivity contribution in [2.45, 2.75) is 18.9 Å². The Bertz CT molecular complexity index is 444. The van der Waals surface area contributed by atoms with E-state index in [2.05, 4.69) is 20.1 Å². The minimum absolute atomic E-state index is 0.180. The molecule has 0 aliphatic carbocycles. The average molecular weight is 240 g/mol. The zero-order chi connectivity index (χ0) is 12.4. The number of rotatable bonds is 3. The fourth-order valence-corrected chi connectivity index (χ4v) is 1.97. The minimum atomic E-state index is -1.18. The van der Waals surface area contributed by atoms with Crippen molar-refractivity contribution >= 4 is 17.8 Å². The number of aromatic nitrogens is 3. The zero-order valence-electron chi connectivity index (χ0n) is 9.21. The normalized spacial score (nSPS) is 19.4. The molecule has 0 radical (unpaired) electrons. The van der Waals surface area contributed by atoms with E-state index < -0.39 is 12.0 Å². The van der Waals surface area contributed by atoms with Gasteiger partial charge in [-0.3, -0.25) is 0 Å². The Morgan fingerprint density at radius 1 is 1.53 bits per heavy atom. The molecular formula is C9H12N4O4. The topological polar surface area (TPSA) is 108 Å². The number of methoxy groups -OCH3 is 1. The van der Waals surface area contributed by atoms with Gasteiger partial charge in [0.15, 0.2) is 5.82 Å². The van der Waals surface area contributed by atoms with Gasteiger partial charge >= 0.3 is 11.9 Å². The lowest BCUT2D eigenvalue weighted by Crippen LogP contribution is -2.37. The van der Waals surface area contributed by atoms with Crippen molar-refractivity contribution in [3.05, 3.63) is 5.69 Å². The lowest BCUT2D eigenvalue weighted by atomic mass is 10.2. The van der Waals surface area contributed by atoms with Crippen molar-refractivity contribution in [2.24, 2.45) is 0 Å². The van der Waals surface area contributed by atoms with Crippen LogP contribution < -0.4 is 4.90 Å². The van der Waals surface area contributed by atoms with Gasteiger partial charge in [-0.2, -0.15) is 5.21 Å². The van der Waals surface area contributed by atoms with Crippen LogP contribution in [0.2, 0.25) is 0 Å². The second-order valence-corrected chi connectivity index (χ2v) is 3.68. The Morgan fingerprint density at radius 3 is 2.94 bits per heavy atom. The summed E-state index contributed by atoms with van der Waals surface area (Å²) in [6, 6.07) is -0.483. The van der Waals surface area contributed by atoms with Crippen LogP contribution in [0.4, 0.5) is 5.82 Å². The number of carbonyl (C=O) groups excluding carboxylic acids is 1. The molecule has 1 aliphatic heterocycles. The first-order valence-electron chi connectivity index (χ1n) is 5.13. The Balaban J connectivity index is 2.29. The van der Waals surface area contributed by atoms with E-state index in [0.717, 1.165) is 6.42 Å². The Hall–Kier alpha value is -2.12. The fourth-order valence-electron chi connectivity index (χ4n) is 1.97. The highest BCUT2D eigenvalue weighted by molar-refractivity contribution is 5.92. The molecule has 2 rings (SSSR count). The molecular weight excluding hydrogens is 228 g/mol. The van der Waals surface area contributed by atoms with E-state index in [1.807, 2.05) is 0 Å². The third-order valence-corrected chi connectivity index (χ3v) is 2.73. The first-order chi connectivity index (χ1) is 8.15. The number of carboxylic acid groups (broad SMARTS) is 1. The van der Waals surface area contributed by atoms with Crippen molar-refractivity contribution in [2.75, 3.05) is 18.6 Å². The van der Waals surface area contributed by atoms with Gasteiger partial charge in [-0.05, 0) is 12.8 Å². The number of nitrogens with one attached hydrogen (secondary N) is 1. The van der Waals surface area contributed by atoms with Gasteiger partial charge in [0.25, 0.3) is 0 Å². The van der Waals surface area contributed by atoms with Gasteiger partial charge in [0, 0.05) is 6.54 Å². The SMILES string of the molecule is COC(=O)[C@@H]1CCCN1c1n[nH]nc1C(=O)O. The number of aromatic amines is 1. The van der Waals surface area contributed by atoms with Crippen molar-refractivity contribution in [3.8, 4) is 0 Å². The first-order valence-corrected chi connectivity index (χ1v) is 5.13. The van der Waals surface area contributed by atoms with Crippen LogP contribution in [0.5, 0.6) is 0 Å². The van der Waals surface area contributed by atoms with Gasteiger partial charge in [-0.25, -0.2) is 9.59 Å². The van der Waals surface area contributed by atoms with E-state index in [-0.39, 0.29) is 17.5 Å². The number of carbonyl (C=O) groups is 2. The molecule has 0 bridgehead atoms. The Morgan fingerprint density at radius 2 is 2.29 bits per heavy atom. The van der Waals surface area contributed by atoms with Gasteiger partial charge in [0.2, 0.25) is 5.69 Å². The van der Waals surface area contributed by atoms with Gasteiger partial charge in [-0.15, -0.1) is 10.2 Å². The van der Waals surface area contributed by atoms with Crippen LogP contribution in [0.15, 0.2) is 0 Å². The molecule has 17 heavy (non-hydrogen) atoms. The summed E-state index contributed by atoms with van der Waals surface area (Å²) in [4.78, 5) is 24.1. The molecule has 0 aromatic carbocycles. The second-order valence-electron chi connectivity index (χ2n) is 3.68. The summed E-state index contributed by atoms with van der Waals surface area (Å²) in [5.41, 5.74) is -0.180. The van der Waals surface area contributed by atoms with Crippen molar-refractivity contribution < 1.29 is 19.4 Å². The molecule has 8 nitrogen and oxygen atoms in total. The Labute approximate surface area is 96.6 Å². The molecule has 2 heterocycles. The summed E-state index contributed by atoms with van der Waals surface area (Å²) >= 11 is 0. The van der Waals surface area contributed by atoms with Gasteiger partial charge < -0.3 is 14.7 Å². The number of anilines is 1. The first kappa shape index (κ1) is 11.4. The maximum Gasteiger partial charge on any atom is 0.360 e. The predicted octanol–water partition coefficient (Wildman–Crippen LogP) is -0.355. The summed E-state index contributed by atoms with van der Waals surface area (Å²) in [5, 5.41) is 18.5. The van der Waals surface area contributed by atoms with E-state index in [0.29, 0.717) is 13.0 Å². The fraction of sp³-hybridized carbons (Fsp3) is 0.556. The number of nitrogens with zero attached hydrogens (tertiary/aromatic N) is 3. The quantitative estimate of drug-likeness (QED) is 0.694. The van der Waals surface area contributed by atoms with Crippen LogP contribution in [-0.4, -0.2) is 52.2 Å². The highest BCUT2D eigenvalue weighted by Gasteiger charge is 2.35. The van der Waals surface area contributed by atoms with Crippen LogP contribution in [0.3, 0.4) is 0 Å². The Kier molecular flexibility index (Phi) is 2.94. The third kappa shape index (κ3) is 1.93. The summed E-state index contributed by atoms with van der Waals surface area (Å²) in [6.07, 6.45) is 1.41. The molecule has 92 valence electrons. The van der Waals surface area contributed by atoms with E-state index in [1.165, 1.54) is 7.11 Å². The smallest absolute Gasteiger partial charge is 0.360 e. The molecule has 1 aromatic rings. The summed E-state index contributed by atoms with van der Waals surface area (Å²) < 4.78 is 4.68. The van der Waals surface area contributed by atoms with E-state index in [1.54, 1.807) is 4.90 Å². The lowest BCUT2D eigenvalue weighted by molar-refractivity contribution is -0.141. The number of ether oxygens (including phenoxy) is 1. The van der Waals surface area contributed by atoms with E-state index >= 15 is 0 Å². The number of H-pyrrole nitrogens is 1. The second kappa shape index (κ2) is 4.40. The molecule has 0 unspecified atom stereocenters. The monoisotopic (exact) mass is 240 g/mol. The van der Waals surface area contributed by atoms with Crippen molar-refractivity contribution in [1.82, 2.24) is 15.4 Å². The standard InChI is InChI=1S/C9H12N4O4/c1-17-9(16)5-3-2-4-13(5)7-6(8(14)15)10-12-11-7/h5H,2-4H2,1H3,(H,14,15)(H,10,11,12)/t5-/m0/s1. The van der Waals surface area contributed by atoms with Gasteiger partial charge in [0.05, 0.1) is 7.11 Å². The van der Waals surface area contributed by atoms with Crippen molar-refractivity contribution in [3.63, 3.8) is 0 Å². The maximum atomic E-state index is 11.5. The van der Waals surface area contributed by atoms with E-state index in [4.69, 9.17) is 5.11 Å². The zero-order valence-corrected chi connectivity index (χ0v) is 9.21. The molecule has 1 aliphatic rings. The molecule has 0 saturated carbocycles. The highest BCUT2D eigenvalue weighted by Crippen LogP contribution is 2.26. The van der Waals surface area contributed by atoms with Crippen LogP contribution in [0, 0.1) is 0 Å². The predicted molar refractivity (Wildman–Crippen MR) is 55.7 cm³/mol.